The zero-order chi connectivity index (χ0) is 24.7. The predicted octanol–water partition coefficient (Wildman–Crippen LogP) is 2.97. The molecule has 2 aromatic carbocycles. The monoisotopic (exact) mass is 471 g/mol. The molecule has 5 rings (SSSR count). The normalized spacial score (nSPS) is 15.1. The summed E-state index contributed by atoms with van der Waals surface area (Å²) in [5.74, 6) is -0.874. The van der Waals surface area contributed by atoms with Gasteiger partial charge in [-0.1, -0.05) is 44.2 Å². The number of fused-ring (bicyclic) bond motifs is 2. The molecule has 0 radical (unpaired) electrons. The van der Waals surface area contributed by atoms with Crippen LogP contribution in [0.25, 0.3) is 33.0 Å². The molecule has 180 valence electrons. The van der Waals surface area contributed by atoms with Gasteiger partial charge in [0.15, 0.2) is 0 Å². The molecule has 0 saturated carbocycles. The van der Waals surface area contributed by atoms with E-state index in [9.17, 15) is 14.7 Å². The standard InChI is InChI=1S/C27H29N5O3/c1-3-31(4-2)13-16(33)14-32-15-20(18-9-7-10-21(28)25(18)32)24-23(26(34)30-27(24)35)19-12-29-22-11-6-5-8-17(19)22/h5-12,15-16,29,33H,3-4,13-14,28H2,1-2H3,(H,30,34,35). The minimum absolute atomic E-state index is 0.312. The highest BCUT2D eigenvalue weighted by Gasteiger charge is 2.35. The third-order valence-corrected chi connectivity index (χ3v) is 6.76. The number of amides is 2. The summed E-state index contributed by atoms with van der Waals surface area (Å²) < 4.78 is 1.89. The lowest BCUT2D eigenvalue weighted by Gasteiger charge is -2.22. The fraction of sp³-hybridized carbons (Fsp3) is 0.259. The Morgan fingerprint density at radius 3 is 2.40 bits per heavy atom. The van der Waals surface area contributed by atoms with Crippen molar-refractivity contribution in [3.05, 3.63) is 66.0 Å². The van der Waals surface area contributed by atoms with Crippen molar-refractivity contribution < 1.29 is 14.7 Å². The number of imide groups is 1. The highest BCUT2D eigenvalue weighted by atomic mass is 16.3. The van der Waals surface area contributed by atoms with Gasteiger partial charge in [-0.2, -0.15) is 0 Å². The van der Waals surface area contributed by atoms with E-state index in [1.54, 1.807) is 12.3 Å². The number of benzene rings is 2. The Bertz CT molecular complexity index is 1470. The summed E-state index contributed by atoms with van der Waals surface area (Å²) in [6, 6.07) is 13.2. The van der Waals surface area contributed by atoms with E-state index >= 15 is 0 Å². The molecule has 1 aliphatic heterocycles. The lowest BCUT2D eigenvalue weighted by atomic mass is 9.95. The van der Waals surface area contributed by atoms with Crippen molar-refractivity contribution in [3.63, 3.8) is 0 Å². The Labute approximate surface area is 203 Å². The average Bonchev–Trinajstić information content (AvgIpc) is 3.51. The van der Waals surface area contributed by atoms with Gasteiger partial charge in [-0.3, -0.25) is 14.9 Å². The van der Waals surface area contributed by atoms with Gasteiger partial charge >= 0.3 is 0 Å². The van der Waals surface area contributed by atoms with Crippen molar-refractivity contribution in [1.29, 1.82) is 0 Å². The topological polar surface area (TPSA) is 116 Å². The van der Waals surface area contributed by atoms with Crippen molar-refractivity contribution >= 4 is 50.5 Å². The number of aliphatic hydroxyl groups is 1. The van der Waals surface area contributed by atoms with E-state index in [1.807, 2.05) is 47.2 Å². The van der Waals surface area contributed by atoms with Crippen LogP contribution in [-0.2, 0) is 16.1 Å². The molecule has 5 N–H and O–H groups in total. The molecular weight excluding hydrogens is 442 g/mol. The van der Waals surface area contributed by atoms with E-state index in [2.05, 4.69) is 29.0 Å². The number of nitrogens with two attached hydrogens (primary N) is 1. The second-order valence-electron chi connectivity index (χ2n) is 8.86. The Balaban J connectivity index is 1.68. The zero-order valence-corrected chi connectivity index (χ0v) is 19.8. The molecular formula is C27H29N5O3. The number of para-hydroxylation sites is 2. The van der Waals surface area contributed by atoms with Gasteiger partial charge in [-0.05, 0) is 25.2 Å². The van der Waals surface area contributed by atoms with Crippen LogP contribution < -0.4 is 11.1 Å². The molecule has 1 aliphatic rings. The van der Waals surface area contributed by atoms with Crippen LogP contribution in [0, 0.1) is 0 Å². The van der Waals surface area contributed by atoms with E-state index < -0.39 is 17.9 Å². The maximum absolute atomic E-state index is 13.1. The highest BCUT2D eigenvalue weighted by molar-refractivity contribution is 6.50. The molecule has 3 heterocycles. The minimum Gasteiger partial charge on any atom is -0.397 e. The van der Waals surface area contributed by atoms with Crippen molar-refractivity contribution in [2.24, 2.45) is 0 Å². The first-order valence-electron chi connectivity index (χ1n) is 11.9. The van der Waals surface area contributed by atoms with Crippen LogP contribution in [0.3, 0.4) is 0 Å². The first-order valence-corrected chi connectivity index (χ1v) is 11.9. The van der Waals surface area contributed by atoms with Crippen molar-refractivity contribution in [2.75, 3.05) is 25.4 Å². The van der Waals surface area contributed by atoms with Gasteiger partial charge in [0.25, 0.3) is 11.8 Å². The Morgan fingerprint density at radius 2 is 1.66 bits per heavy atom. The van der Waals surface area contributed by atoms with Crippen LogP contribution in [0.2, 0.25) is 0 Å². The minimum atomic E-state index is -0.626. The van der Waals surface area contributed by atoms with E-state index in [0.29, 0.717) is 41.1 Å². The Morgan fingerprint density at radius 1 is 0.971 bits per heavy atom. The lowest BCUT2D eigenvalue weighted by Crippen LogP contribution is -2.34. The maximum Gasteiger partial charge on any atom is 0.259 e. The summed E-state index contributed by atoms with van der Waals surface area (Å²) in [7, 11) is 0. The second-order valence-corrected chi connectivity index (χ2v) is 8.86. The van der Waals surface area contributed by atoms with Crippen LogP contribution >= 0.6 is 0 Å². The number of aromatic nitrogens is 2. The van der Waals surface area contributed by atoms with Gasteiger partial charge in [0, 0.05) is 52.9 Å². The molecule has 8 heteroatoms. The largest absolute Gasteiger partial charge is 0.397 e. The van der Waals surface area contributed by atoms with Crippen LogP contribution in [0.1, 0.15) is 25.0 Å². The molecule has 0 spiro atoms. The number of aromatic amines is 1. The van der Waals surface area contributed by atoms with Crippen LogP contribution in [0.5, 0.6) is 0 Å². The zero-order valence-electron chi connectivity index (χ0n) is 19.8. The van der Waals surface area contributed by atoms with Crippen LogP contribution in [-0.4, -0.2) is 57.1 Å². The van der Waals surface area contributed by atoms with Gasteiger partial charge in [0.1, 0.15) is 0 Å². The SMILES string of the molecule is CCN(CC)CC(O)Cn1cc(C2=C(c3c[nH]c4ccccc34)C(=O)NC2=O)c2cccc(N)c21. The Kier molecular flexibility index (Phi) is 5.92. The van der Waals surface area contributed by atoms with E-state index in [4.69, 9.17) is 5.73 Å². The number of carbonyl (C=O) groups excluding carboxylic acids is 2. The number of likely N-dealkylation sites (N-methyl/N-ethyl adjacent to an activating group) is 1. The third kappa shape index (κ3) is 3.90. The number of nitrogen functional groups attached to an aromatic ring is 1. The van der Waals surface area contributed by atoms with Crippen molar-refractivity contribution in [3.8, 4) is 0 Å². The summed E-state index contributed by atoms with van der Waals surface area (Å²) in [5.41, 5.74) is 10.5. The molecule has 0 bridgehead atoms. The number of carbonyl (C=O) groups is 2. The summed E-state index contributed by atoms with van der Waals surface area (Å²) in [6.07, 6.45) is 2.97. The molecule has 1 atom stereocenters. The van der Waals surface area contributed by atoms with Gasteiger partial charge in [-0.15, -0.1) is 0 Å². The molecule has 8 nitrogen and oxygen atoms in total. The van der Waals surface area contributed by atoms with E-state index in [0.717, 1.165) is 34.9 Å². The second kappa shape index (κ2) is 9.05. The summed E-state index contributed by atoms with van der Waals surface area (Å²) in [6.45, 7) is 6.65. The number of hydrogen-bond donors (Lipinski definition) is 4. The quantitative estimate of drug-likeness (QED) is 0.233. The highest BCUT2D eigenvalue weighted by Crippen LogP contribution is 2.39. The molecule has 4 aromatic rings. The number of rotatable bonds is 8. The molecule has 2 aromatic heterocycles. The van der Waals surface area contributed by atoms with E-state index in [-0.39, 0.29) is 0 Å². The maximum atomic E-state index is 13.1. The van der Waals surface area contributed by atoms with Gasteiger partial charge < -0.3 is 25.3 Å². The van der Waals surface area contributed by atoms with Crippen LogP contribution in [0.4, 0.5) is 5.69 Å². The third-order valence-electron chi connectivity index (χ3n) is 6.76. The molecule has 1 unspecified atom stereocenters. The lowest BCUT2D eigenvalue weighted by molar-refractivity contribution is -0.122. The summed E-state index contributed by atoms with van der Waals surface area (Å²) in [4.78, 5) is 31.5. The number of H-pyrrole nitrogens is 1. The first kappa shape index (κ1) is 22.9. The Hall–Kier alpha value is -3.88. The predicted molar refractivity (Wildman–Crippen MR) is 138 cm³/mol. The van der Waals surface area contributed by atoms with Gasteiger partial charge in [0.2, 0.25) is 0 Å². The summed E-state index contributed by atoms with van der Waals surface area (Å²) >= 11 is 0. The molecule has 0 saturated heterocycles. The fourth-order valence-electron chi connectivity index (χ4n) is 5.04. The number of anilines is 1. The van der Waals surface area contributed by atoms with Gasteiger partial charge in [-0.25, -0.2) is 0 Å². The molecule has 0 aliphatic carbocycles. The van der Waals surface area contributed by atoms with Crippen molar-refractivity contribution in [1.82, 2.24) is 19.8 Å². The van der Waals surface area contributed by atoms with E-state index in [1.165, 1.54) is 0 Å². The number of nitrogens with one attached hydrogen (secondary N) is 2. The molecule has 35 heavy (non-hydrogen) atoms. The number of aliphatic hydroxyl groups excluding tert-OH is 1. The average molecular weight is 472 g/mol. The van der Waals surface area contributed by atoms with Crippen LogP contribution in [0.15, 0.2) is 54.9 Å². The van der Waals surface area contributed by atoms with Gasteiger partial charge in [0.05, 0.1) is 28.5 Å². The smallest absolute Gasteiger partial charge is 0.259 e. The number of nitrogens with zero attached hydrogens (tertiary/aromatic N) is 2. The summed E-state index contributed by atoms with van der Waals surface area (Å²) in [5, 5.41) is 14.9. The molecule has 0 fully saturated rings. The number of hydrogen-bond acceptors (Lipinski definition) is 5. The fourth-order valence-corrected chi connectivity index (χ4v) is 5.04. The first-order chi connectivity index (χ1) is 16.9. The van der Waals surface area contributed by atoms with Crippen molar-refractivity contribution in [2.45, 2.75) is 26.5 Å². The molecule has 2 amide bonds.